The minimum atomic E-state index is 0.0967. The van der Waals surface area contributed by atoms with Crippen molar-refractivity contribution in [3.63, 3.8) is 0 Å². The quantitative estimate of drug-likeness (QED) is 0.889. The van der Waals surface area contributed by atoms with E-state index in [2.05, 4.69) is 12.2 Å². The molecule has 2 rings (SSSR count). The Morgan fingerprint density at radius 1 is 1.44 bits per heavy atom. The van der Waals surface area contributed by atoms with Gasteiger partial charge in [0.25, 0.3) is 5.91 Å². The first-order valence-electron chi connectivity index (χ1n) is 6.43. The maximum atomic E-state index is 12.3. The minimum absolute atomic E-state index is 0.0967. The highest BCUT2D eigenvalue weighted by atomic mass is 16.5. The molecule has 0 bridgehead atoms. The van der Waals surface area contributed by atoms with Gasteiger partial charge in [0.05, 0.1) is 12.7 Å². The van der Waals surface area contributed by atoms with Gasteiger partial charge in [-0.2, -0.15) is 0 Å². The molecule has 1 heterocycles. The van der Waals surface area contributed by atoms with Crippen molar-refractivity contribution < 1.29 is 9.53 Å². The summed E-state index contributed by atoms with van der Waals surface area (Å²) in [7, 11) is 1.87. The molecular formula is C14H20N2O2. The van der Waals surface area contributed by atoms with E-state index in [4.69, 9.17) is 4.74 Å². The maximum absolute atomic E-state index is 12.3. The lowest BCUT2D eigenvalue weighted by Crippen LogP contribution is -2.45. The smallest absolute Gasteiger partial charge is 0.254 e. The lowest BCUT2D eigenvalue weighted by Gasteiger charge is -2.32. The molecule has 0 saturated carbocycles. The van der Waals surface area contributed by atoms with Crippen molar-refractivity contribution in [1.82, 2.24) is 4.90 Å². The topological polar surface area (TPSA) is 41.6 Å². The summed E-state index contributed by atoms with van der Waals surface area (Å²) in [6, 6.07) is 7.57. The summed E-state index contributed by atoms with van der Waals surface area (Å²) in [4.78, 5) is 14.2. The van der Waals surface area contributed by atoms with Crippen molar-refractivity contribution >= 4 is 11.6 Å². The number of rotatable bonds is 3. The van der Waals surface area contributed by atoms with Crippen molar-refractivity contribution in [3.8, 4) is 0 Å². The van der Waals surface area contributed by atoms with E-state index in [1.165, 1.54) is 0 Å². The standard InChI is InChI=1S/C14H20N2O2/c1-3-13-10-16(8-9-18-13)14(17)11-4-6-12(15-2)7-5-11/h4-7,13,15H,3,8-10H2,1-2H3. The van der Waals surface area contributed by atoms with Gasteiger partial charge in [0.15, 0.2) is 0 Å². The monoisotopic (exact) mass is 248 g/mol. The highest BCUT2D eigenvalue weighted by Crippen LogP contribution is 2.14. The van der Waals surface area contributed by atoms with Crippen LogP contribution in [0.2, 0.25) is 0 Å². The van der Waals surface area contributed by atoms with Crippen LogP contribution in [-0.2, 0) is 4.74 Å². The lowest BCUT2D eigenvalue weighted by molar-refractivity contribution is -0.0226. The van der Waals surface area contributed by atoms with Gasteiger partial charge in [-0.15, -0.1) is 0 Å². The highest BCUT2D eigenvalue weighted by Gasteiger charge is 2.23. The van der Waals surface area contributed by atoms with Gasteiger partial charge in [0, 0.05) is 31.4 Å². The van der Waals surface area contributed by atoms with Gasteiger partial charge in [0.2, 0.25) is 0 Å². The molecule has 4 nitrogen and oxygen atoms in total. The fraction of sp³-hybridized carbons (Fsp3) is 0.500. The predicted molar refractivity (Wildman–Crippen MR) is 71.9 cm³/mol. The number of anilines is 1. The normalized spacial score (nSPS) is 19.7. The second-order valence-corrected chi connectivity index (χ2v) is 4.48. The van der Waals surface area contributed by atoms with E-state index in [0.717, 1.165) is 17.7 Å². The molecule has 1 unspecified atom stereocenters. The molecule has 4 heteroatoms. The number of hydrogen-bond donors (Lipinski definition) is 1. The highest BCUT2D eigenvalue weighted by molar-refractivity contribution is 5.94. The predicted octanol–water partition coefficient (Wildman–Crippen LogP) is 1.98. The number of benzene rings is 1. The SMILES string of the molecule is CCC1CN(C(=O)c2ccc(NC)cc2)CCO1. The van der Waals surface area contributed by atoms with E-state index >= 15 is 0 Å². The summed E-state index contributed by atoms with van der Waals surface area (Å²) in [6.07, 6.45) is 1.13. The summed E-state index contributed by atoms with van der Waals surface area (Å²) < 4.78 is 5.58. The summed E-state index contributed by atoms with van der Waals surface area (Å²) >= 11 is 0. The second kappa shape index (κ2) is 5.87. The van der Waals surface area contributed by atoms with Gasteiger partial charge in [-0.3, -0.25) is 4.79 Å². The van der Waals surface area contributed by atoms with Crippen LogP contribution in [0.3, 0.4) is 0 Å². The summed E-state index contributed by atoms with van der Waals surface area (Å²) in [6.45, 7) is 4.10. The zero-order valence-corrected chi connectivity index (χ0v) is 11.0. The van der Waals surface area contributed by atoms with Crippen molar-refractivity contribution in [3.05, 3.63) is 29.8 Å². The molecule has 98 valence electrons. The molecule has 1 amide bonds. The molecule has 1 aliphatic heterocycles. The average molecular weight is 248 g/mol. The molecule has 0 spiro atoms. The number of carbonyl (C=O) groups excluding carboxylic acids is 1. The first kappa shape index (κ1) is 12.9. The Morgan fingerprint density at radius 3 is 2.78 bits per heavy atom. The van der Waals surface area contributed by atoms with Gasteiger partial charge in [-0.1, -0.05) is 6.92 Å². The zero-order chi connectivity index (χ0) is 13.0. The van der Waals surface area contributed by atoms with Crippen LogP contribution < -0.4 is 5.32 Å². The van der Waals surface area contributed by atoms with Crippen molar-refractivity contribution in [2.75, 3.05) is 32.1 Å². The molecule has 1 saturated heterocycles. The van der Waals surface area contributed by atoms with E-state index in [1.807, 2.05) is 36.2 Å². The van der Waals surface area contributed by atoms with Crippen LogP contribution in [0.4, 0.5) is 5.69 Å². The fourth-order valence-electron chi connectivity index (χ4n) is 2.11. The summed E-state index contributed by atoms with van der Waals surface area (Å²) in [5.41, 5.74) is 1.76. The molecular weight excluding hydrogens is 228 g/mol. The van der Waals surface area contributed by atoms with Crippen molar-refractivity contribution in [1.29, 1.82) is 0 Å². The first-order valence-corrected chi connectivity index (χ1v) is 6.43. The molecule has 1 aromatic rings. The van der Waals surface area contributed by atoms with Crippen LogP contribution in [-0.4, -0.2) is 43.7 Å². The molecule has 1 N–H and O–H groups in total. The van der Waals surface area contributed by atoms with Crippen molar-refractivity contribution in [2.45, 2.75) is 19.4 Å². The molecule has 1 fully saturated rings. The van der Waals surface area contributed by atoms with Gasteiger partial charge in [0.1, 0.15) is 0 Å². The van der Waals surface area contributed by atoms with Crippen LogP contribution in [0.1, 0.15) is 23.7 Å². The van der Waals surface area contributed by atoms with Crippen LogP contribution in [0.15, 0.2) is 24.3 Å². The number of ether oxygens (including phenoxy) is 1. The number of nitrogens with zero attached hydrogens (tertiary/aromatic N) is 1. The van der Waals surface area contributed by atoms with E-state index in [9.17, 15) is 4.79 Å². The Morgan fingerprint density at radius 2 is 2.17 bits per heavy atom. The number of carbonyl (C=O) groups is 1. The van der Waals surface area contributed by atoms with E-state index < -0.39 is 0 Å². The number of hydrogen-bond acceptors (Lipinski definition) is 3. The number of morpholine rings is 1. The zero-order valence-electron chi connectivity index (χ0n) is 11.0. The Hall–Kier alpha value is -1.55. The Bertz CT molecular complexity index is 403. The second-order valence-electron chi connectivity index (χ2n) is 4.48. The van der Waals surface area contributed by atoms with Crippen LogP contribution in [0.25, 0.3) is 0 Å². The Kier molecular flexibility index (Phi) is 4.20. The molecule has 1 aromatic carbocycles. The summed E-state index contributed by atoms with van der Waals surface area (Å²) in [5.74, 6) is 0.0967. The van der Waals surface area contributed by atoms with Crippen LogP contribution in [0, 0.1) is 0 Å². The molecule has 0 radical (unpaired) electrons. The molecule has 1 atom stereocenters. The molecule has 1 aliphatic rings. The lowest BCUT2D eigenvalue weighted by atomic mass is 10.1. The molecule has 0 aliphatic carbocycles. The largest absolute Gasteiger partial charge is 0.388 e. The van der Waals surface area contributed by atoms with Gasteiger partial charge in [-0.05, 0) is 30.7 Å². The fourth-order valence-corrected chi connectivity index (χ4v) is 2.11. The van der Waals surface area contributed by atoms with E-state index in [0.29, 0.717) is 19.7 Å². The van der Waals surface area contributed by atoms with Gasteiger partial charge in [-0.25, -0.2) is 0 Å². The van der Waals surface area contributed by atoms with E-state index in [-0.39, 0.29) is 12.0 Å². The molecule has 0 aromatic heterocycles. The van der Waals surface area contributed by atoms with Crippen LogP contribution in [0.5, 0.6) is 0 Å². The van der Waals surface area contributed by atoms with Gasteiger partial charge < -0.3 is 15.0 Å². The van der Waals surface area contributed by atoms with Crippen LogP contribution >= 0.6 is 0 Å². The Labute approximate surface area is 108 Å². The van der Waals surface area contributed by atoms with Crippen molar-refractivity contribution in [2.24, 2.45) is 0 Å². The minimum Gasteiger partial charge on any atom is -0.388 e. The third-order valence-corrected chi connectivity index (χ3v) is 3.30. The first-order chi connectivity index (χ1) is 8.74. The Balaban J connectivity index is 2.05. The number of nitrogens with one attached hydrogen (secondary N) is 1. The third-order valence-electron chi connectivity index (χ3n) is 3.30. The number of amides is 1. The molecule has 18 heavy (non-hydrogen) atoms. The third kappa shape index (κ3) is 2.82. The maximum Gasteiger partial charge on any atom is 0.254 e. The van der Waals surface area contributed by atoms with Gasteiger partial charge >= 0.3 is 0 Å². The average Bonchev–Trinajstić information content (AvgIpc) is 2.46. The van der Waals surface area contributed by atoms with E-state index in [1.54, 1.807) is 0 Å². The summed E-state index contributed by atoms with van der Waals surface area (Å²) in [5, 5.41) is 3.04.